The minimum absolute atomic E-state index is 0.159. The van der Waals surface area contributed by atoms with Crippen LogP contribution in [0, 0.1) is 6.92 Å². The predicted molar refractivity (Wildman–Crippen MR) is 83.3 cm³/mol. The van der Waals surface area contributed by atoms with Crippen LogP contribution in [0.2, 0.25) is 5.02 Å². The third kappa shape index (κ3) is 3.51. The third-order valence-corrected chi connectivity index (χ3v) is 4.52. The minimum Gasteiger partial charge on any atom is -0.336 e. The normalized spacial score (nSPS) is 18.9. The van der Waals surface area contributed by atoms with Crippen molar-refractivity contribution in [1.82, 2.24) is 4.90 Å². The van der Waals surface area contributed by atoms with E-state index in [4.69, 9.17) is 11.6 Å². The summed E-state index contributed by atoms with van der Waals surface area (Å²) >= 11 is 9.41. The van der Waals surface area contributed by atoms with Crippen molar-refractivity contribution in [2.75, 3.05) is 11.9 Å². The second kappa shape index (κ2) is 6.76. The van der Waals surface area contributed by atoms with Gasteiger partial charge in [-0.2, -0.15) is 0 Å². The van der Waals surface area contributed by atoms with Crippen molar-refractivity contribution in [3.05, 3.63) is 34.3 Å². The van der Waals surface area contributed by atoms with Crippen LogP contribution in [0.15, 0.2) is 18.2 Å². The Bertz CT molecular complexity index is 463. The zero-order chi connectivity index (χ0) is 13.8. The summed E-state index contributed by atoms with van der Waals surface area (Å²) in [5.41, 5.74) is 1.75. The van der Waals surface area contributed by atoms with Crippen molar-refractivity contribution in [1.29, 1.82) is 0 Å². The average molecular weight is 345 g/mol. The summed E-state index contributed by atoms with van der Waals surface area (Å²) in [6.45, 7) is 2.83. The molecule has 1 saturated heterocycles. The van der Waals surface area contributed by atoms with Gasteiger partial charge >= 0.3 is 0 Å². The van der Waals surface area contributed by atoms with Crippen LogP contribution < -0.4 is 0 Å². The molecule has 1 aromatic rings. The number of likely N-dealkylation sites (tertiary alicyclic amines) is 1. The van der Waals surface area contributed by atoms with Gasteiger partial charge in [-0.05, 0) is 56.4 Å². The molecule has 1 aromatic carbocycles. The van der Waals surface area contributed by atoms with Crippen molar-refractivity contribution < 1.29 is 4.79 Å². The lowest BCUT2D eigenvalue weighted by Crippen LogP contribution is -2.35. The lowest BCUT2D eigenvalue weighted by molar-refractivity contribution is 0.0729. The number of carbonyl (C=O) groups excluding carboxylic acids is 1. The standard InChI is InChI=1S/C15H19BrClNO/c1-11-10-12(17)6-7-14(11)15(19)18-9-3-5-13(18)4-2-8-16/h6-7,10,13H,2-5,8-9H2,1H3. The number of nitrogens with zero attached hydrogens (tertiary/aromatic N) is 1. The van der Waals surface area contributed by atoms with Crippen LogP contribution in [0.5, 0.6) is 0 Å². The Kier molecular flexibility index (Phi) is 5.28. The Hall–Kier alpha value is -0.540. The Labute approximate surface area is 128 Å². The molecule has 1 heterocycles. The summed E-state index contributed by atoms with van der Waals surface area (Å²) < 4.78 is 0. The van der Waals surface area contributed by atoms with E-state index in [0.717, 1.165) is 48.7 Å². The van der Waals surface area contributed by atoms with Gasteiger partial charge in [-0.1, -0.05) is 27.5 Å². The Morgan fingerprint density at radius 2 is 2.32 bits per heavy atom. The van der Waals surface area contributed by atoms with Crippen molar-refractivity contribution in [3.63, 3.8) is 0 Å². The van der Waals surface area contributed by atoms with Crippen molar-refractivity contribution in [2.45, 2.75) is 38.6 Å². The van der Waals surface area contributed by atoms with Gasteiger partial charge < -0.3 is 4.90 Å². The maximum atomic E-state index is 12.6. The fraction of sp³-hybridized carbons (Fsp3) is 0.533. The molecule has 2 nitrogen and oxygen atoms in total. The highest BCUT2D eigenvalue weighted by Crippen LogP contribution is 2.25. The molecule has 0 spiro atoms. The van der Waals surface area contributed by atoms with E-state index in [1.807, 2.05) is 24.0 Å². The molecule has 0 bridgehead atoms. The van der Waals surface area contributed by atoms with Gasteiger partial charge in [0.05, 0.1) is 0 Å². The predicted octanol–water partition coefficient (Wildman–Crippen LogP) is 4.43. The first-order valence-corrected chi connectivity index (χ1v) is 8.26. The van der Waals surface area contributed by atoms with Gasteiger partial charge in [0.2, 0.25) is 0 Å². The smallest absolute Gasteiger partial charge is 0.254 e. The lowest BCUT2D eigenvalue weighted by atomic mass is 10.1. The van der Waals surface area contributed by atoms with E-state index in [9.17, 15) is 4.79 Å². The van der Waals surface area contributed by atoms with E-state index < -0.39 is 0 Å². The van der Waals surface area contributed by atoms with E-state index in [1.54, 1.807) is 6.07 Å². The van der Waals surface area contributed by atoms with Gasteiger partial charge in [0.15, 0.2) is 0 Å². The summed E-state index contributed by atoms with van der Waals surface area (Å²) in [6, 6.07) is 5.91. The van der Waals surface area contributed by atoms with Crippen LogP contribution in [0.1, 0.15) is 41.6 Å². The van der Waals surface area contributed by atoms with E-state index in [2.05, 4.69) is 15.9 Å². The molecule has 0 N–H and O–H groups in total. The first-order valence-electron chi connectivity index (χ1n) is 6.76. The highest BCUT2D eigenvalue weighted by Gasteiger charge is 2.29. The number of carbonyl (C=O) groups is 1. The molecule has 2 rings (SSSR count). The summed E-state index contributed by atoms with van der Waals surface area (Å²) in [5.74, 6) is 0.159. The maximum Gasteiger partial charge on any atom is 0.254 e. The Morgan fingerprint density at radius 3 is 3.00 bits per heavy atom. The molecule has 19 heavy (non-hydrogen) atoms. The molecular weight excluding hydrogens is 326 g/mol. The molecule has 1 aliphatic heterocycles. The van der Waals surface area contributed by atoms with E-state index in [0.29, 0.717) is 11.1 Å². The topological polar surface area (TPSA) is 20.3 Å². The average Bonchev–Trinajstić information content (AvgIpc) is 2.83. The number of aryl methyl sites for hydroxylation is 1. The number of halogens is 2. The van der Waals surface area contributed by atoms with Crippen molar-refractivity contribution >= 4 is 33.4 Å². The first kappa shape index (κ1) is 14.9. The zero-order valence-corrected chi connectivity index (χ0v) is 13.5. The highest BCUT2D eigenvalue weighted by atomic mass is 79.9. The molecule has 0 aromatic heterocycles. The molecule has 1 aliphatic rings. The quantitative estimate of drug-likeness (QED) is 0.740. The number of hydrogen-bond acceptors (Lipinski definition) is 1. The van der Waals surface area contributed by atoms with Gasteiger partial charge in [0.1, 0.15) is 0 Å². The minimum atomic E-state index is 0.159. The molecule has 0 saturated carbocycles. The molecule has 1 fully saturated rings. The van der Waals surface area contributed by atoms with Crippen LogP contribution in [-0.2, 0) is 0 Å². The molecule has 4 heteroatoms. The molecule has 1 amide bonds. The third-order valence-electron chi connectivity index (χ3n) is 3.73. The van der Waals surface area contributed by atoms with Crippen LogP contribution >= 0.6 is 27.5 Å². The van der Waals surface area contributed by atoms with Crippen LogP contribution in [-0.4, -0.2) is 28.7 Å². The number of hydrogen-bond donors (Lipinski definition) is 0. The lowest BCUT2D eigenvalue weighted by Gasteiger charge is -2.25. The van der Waals surface area contributed by atoms with Gasteiger partial charge in [0.25, 0.3) is 5.91 Å². The monoisotopic (exact) mass is 343 g/mol. The van der Waals surface area contributed by atoms with Gasteiger partial charge in [-0.3, -0.25) is 4.79 Å². The highest BCUT2D eigenvalue weighted by molar-refractivity contribution is 9.09. The molecule has 0 aliphatic carbocycles. The molecule has 1 unspecified atom stereocenters. The Balaban J connectivity index is 2.13. The number of benzene rings is 1. The Morgan fingerprint density at radius 1 is 1.53 bits per heavy atom. The molecular formula is C15H19BrClNO. The maximum absolute atomic E-state index is 12.6. The van der Waals surface area contributed by atoms with Gasteiger partial charge in [0, 0.05) is 28.5 Å². The van der Waals surface area contributed by atoms with Crippen LogP contribution in [0.3, 0.4) is 0 Å². The fourth-order valence-corrected chi connectivity index (χ4v) is 3.29. The zero-order valence-electron chi connectivity index (χ0n) is 11.2. The molecule has 0 radical (unpaired) electrons. The summed E-state index contributed by atoms with van der Waals surface area (Å²) in [6.07, 6.45) is 4.45. The van der Waals surface area contributed by atoms with Crippen LogP contribution in [0.25, 0.3) is 0 Å². The molecule has 104 valence electrons. The van der Waals surface area contributed by atoms with E-state index >= 15 is 0 Å². The van der Waals surface area contributed by atoms with Crippen molar-refractivity contribution in [3.8, 4) is 0 Å². The van der Waals surface area contributed by atoms with Gasteiger partial charge in [-0.15, -0.1) is 0 Å². The van der Waals surface area contributed by atoms with E-state index in [1.165, 1.54) is 0 Å². The second-order valence-corrected chi connectivity index (χ2v) is 6.31. The van der Waals surface area contributed by atoms with Gasteiger partial charge in [-0.25, -0.2) is 0 Å². The summed E-state index contributed by atoms with van der Waals surface area (Å²) in [5, 5.41) is 1.69. The number of amides is 1. The van der Waals surface area contributed by atoms with E-state index in [-0.39, 0.29) is 5.91 Å². The largest absolute Gasteiger partial charge is 0.336 e. The van der Waals surface area contributed by atoms with Crippen LogP contribution in [0.4, 0.5) is 0 Å². The fourth-order valence-electron chi connectivity index (χ4n) is 2.74. The first-order chi connectivity index (χ1) is 9.13. The second-order valence-electron chi connectivity index (χ2n) is 5.09. The summed E-state index contributed by atoms with van der Waals surface area (Å²) in [4.78, 5) is 14.7. The number of rotatable bonds is 4. The number of alkyl halides is 1. The summed E-state index contributed by atoms with van der Waals surface area (Å²) in [7, 11) is 0. The molecule has 1 atom stereocenters. The van der Waals surface area contributed by atoms with Crippen molar-refractivity contribution in [2.24, 2.45) is 0 Å². The SMILES string of the molecule is Cc1cc(Cl)ccc1C(=O)N1CCCC1CCCBr.